The minimum absolute atomic E-state index is 0.223. The summed E-state index contributed by atoms with van der Waals surface area (Å²) >= 11 is 0. The Labute approximate surface area is 112 Å². The molecule has 1 aromatic carbocycles. The van der Waals surface area contributed by atoms with Gasteiger partial charge in [-0.05, 0) is 37.8 Å². The second-order valence-electron chi connectivity index (χ2n) is 5.35. The fourth-order valence-corrected chi connectivity index (χ4v) is 2.29. The number of rotatable bonds is 5. The molecule has 100 valence electrons. The summed E-state index contributed by atoms with van der Waals surface area (Å²) in [5, 5.41) is 8.56. The molecule has 0 atom stereocenters. The summed E-state index contributed by atoms with van der Waals surface area (Å²) in [7, 11) is 0. The first-order chi connectivity index (χ1) is 9.24. The lowest BCUT2D eigenvalue weighted by atomic mass is 10.2. The average molecular weight is 257 g/mol. The number of nitrogens with one attached hydrogen (secondary N) is 1. The Morgan fingerprint density at radius 3 is 3.11 bits per heavy atom. The Hall–Kier alpha value is -1.84. The lowest BCUT2D eigenvalue weighted by Gasteiger charge is -2.06. The monoisotopic (exact) mass is 257 g/mol. The van der Waals surface area contributed by atoms with E-state index >= 15 is 0 Å². The number of carbonyl (C=O) groups is 1. The molecule has 0 spiro atoms. The van der Waals surface area contributed by atoms with Crippen molar-refractivity contribution in [3.05, 3.63) is 30.0 Å². The van der Waals surface area contributed by atoms with Gasteiger partial charge in [0.2, 0.25) is 5.91 Å². The Morgan fingerprint density at radius 1 is 1.47 bits per heavy atom. The first kappa shape index (κ1) is 12.2. The number of aryl methyl sites for hydroxylation is 2. The van der Waals surface area contributed by atoms with Gasteiger partial charge in [0.25, 0.3) is 0 Å². The van der Waals surface area contributed by atoms with E-state index in [-0.39, 0.29) is 5.91 Å². The molecule has 0 radical (unpaired) electrons. The number of amides is 1. The molecule has 1 saturated carbocycles. The predicted molar refractivity (Wildman–Crippen MR) is 74.8 cm³/mol. The second-order valence-corrected chi connectivity index (χ2v) is 5.35. The van der Waals surface area contributed by atoms with Crippen molar-refractivity contribution in [2.45, 2.75) is 32.7 Å². The van der Waals surface area contributed by atoms with Crippen molar-refractivity contribution in [1.29, 1.82) is 0 Å². The predicted octanol–water partition coefficient (Wildman–Crippen LogP) is 2.26. The first-order valence-electron chi connectivity index (χ1n) is 6.94. The molecule has 0 unspecified atom stereocenters. The summed E-state index contributed by atoms with van der Waals surface area (Å²) in [5.74, 6) is 0.523. The van der Waals surface area contributed by atoms with Crippen molar-refractivity contribution in [1.82, 2.24) is 15.1 Å². The van der Waals surface area contributed by atoms with Gasteiger partial charge in [-0.2, -0.15) is 5.10 Å². The maximum atomic E-state index is 11.5. The van der Waals surface area contributed by atoms with Crippen LogP contribution in [0, 0.1) is 12.8 Å². The van der Waals surface area contributed by atoms with Gasteiger partial charge in [0.15, 0.2) is 0 Å². The van der Waals surface area contributed by atoms with E-state index < -0.39 is 0 Å². The van der Waals surface area contributed by atoms with Gasteiger partial charge in [-0.25, -0.2) is 0 Å². The summed E-state index contributed by atoms with van der Waals surface area (Å²) in [6, 6.07) is 6.36. The number of nitrogens with zero attached hydrogens (tertiary/aromatic N) is 2. The van der Waals surface area contributed by atoms with Crippen LogP contribution in [0.3, 0.4) is 0 Å². The van der Waals surface area contributed by atoms with Crippen LogP contribution in [0.5, 0.6) is 0 Å². The maximum absolute atomic E-state index is 11.5. The zero-order valence-corrected chi connectivity index (χ0v) is 11.2. The van der Waals surface area contributed by atoms with Gasteiger partial charge in [-0.1, -0.05) is 12.1 Å². The lowest BCUT2D eigenvalue weighted by Crippen LogP contribution is -2.26. The highest BCUT2D eigenvalue weighted by molar-refractivity contribution is 5.80. The Morgan fingerprint density at radius 2 is 2.32 bits per heavy atom. The fourth-order valence-electron chi connectivity index (χ4n) is 2.29. The number of benzene rings is 1. The van der Waals surface area contributed by atoms with Crippen molar-refractivity contribution in [2.24, 2.45) is 5.92 Å². The summed E-state index contributed by atoms with van der Waals surface area (Å²) in [5.41, 5.74) is 2.42. The molecule has 1 N–H and O–H groups in total. The number of hydrogen-bond donors (Lipinski definition) is 1. The highest BCUT2D eigenvalue weighted by Crippen LogP contribution is 2.28. The minimum atomic E-state index is 0.223. The molecule has 1 aliphatic carbocycles. The Kier molecular flexibility index (Phi) is 3.23. The average Bonchev–Trinajstić information content (AvgIpc) is 3.18. The molecule has 4 nitrogen and oxygen atoms in total. The quantitative estimate of drug-likeness (QED) is 0.835. The lowest BCUT2D eigenvalue weighted by molar-refractivity contribution is -0.122. The zero-order valence-electron chi connectivity index (χ0n) is 11.2. The van der Waals surface area contributed by atoms with E-state index in [9.17, 15) is 4.79 Å². The normalized spacial score (nSPS) is 14.8. The summed E-state index contributed by atoms with van der Waals surface area (Å²) in [6.07, 6.45) is 4.95. The highest BCUT2D eigenvalue weighted by atomic mass is 16.2. The number of hydrogen-bond acceptors (Lipinski definition) is 2. The van der Waals surface area contributed by atoms with Gasteiger partial charge >= 0.3 is 0 Å². The molecular weight excluding hydrogens is 238 g/mol. The fraction of sp³-hybridized carbons (Fsp3) is 0.467. The molecule has 19 heavy (non-hydrogen) atoms. The van der Waals surface area contributed by atoms with Gasteiger partial charge in [0.05, 0.1) is 11.7 Å². The molecule has 1 fully saturated rings. The molecular formula is C15H19N3O. The van der Waals surface area contributed by atoms with E-state index in [0.717, 1.165) is 32.4 Å². The third kappa shape index (κ3) is 2.78. The van der Waals surface area contributed by atoms with Crippen molar-refractivity contribution >= 4 is 16.8 Å². The van der Waals surface area contributed by atoms with E-state index in [4.69, 9.17) is 0 Å². The van der Waals surface area contributed by atoms with E-state index in [0.29, 0.717) is 5.92 Å². The van der Waals surface area contributed by atoms with Gasteiger partial charge in [0, 0.05) is 24.4 Å². The van der Waals surface area contributed by atoms with Crippen LogP contribution >= 0.6 is 0 Å². The molecule has 0 aliphatic heterocycles. The molecule has 1 aromatic heterocycles. The summed E-state index contributed by atoms with van der Waals surface area (Å²) in [6.45, 7) is 3.67. The van der Waals surface area contributed by atoms with Crippen LogP contribution in [0.1, 0.15) is 24.8 Å². The van der Waals surface area contributed by atoms with Crippen LogP contribution in [0.2, 0.25) is 0 Å². The number of aromatic nitrogens is 2. The molecule has 1 aliphatic rings. The summed E-state index contributed by atoms with van der Waals surface area (Å²) < 4.78 is 2.02. The van der Waals surface area contributed by atoms with Gasteiger partial charge in [0.1, 0.15) is 0 Å². The highest BCUT2D eigenvalue weighted by Gasteiger charge is 2.28. The molecule has 0 bridgehead atoms. The van der Waals surface area contributed by atoms with Crippen molar-refractivity contribution in [2.75, 3.05) is 6.54 Å². The third-order valence-corrected chi connectivity index (χ3v) is 3.59. The van der Waals surface area contributed by atoms with Gasteiger partial charge < -0.3 is 5.32 Å². The van der Waals surface area contributed by atoms with Crippen LogP contribution in [-0.4, -0.2) is 22.2 Å². The standard InChI is InChI=1S/C15H19N3O/c1-11-3-4-13-10-17-18(14(13)9-11)8-2-7-16-15(19)12-5-6-12/h3-4,9-10,12H,2,5-8H2,1H3,(H,16,19). The second kappa shape index (κ2) is 5.03. The van der Waals surface area contributed by atoms with Crippen LogP contribution in [0.15, 0.2) is 24.4 Å². The van der Waals surface area contributed by atoms with Gasteiger partial charge in [-0.3, -0.25) is 9.48 Å². The molecule has 1 heterocycles. The van der Waals surface area contributed by atoms with Crippen LogP contribution in [0.25, 0.3) is 10.9 Å². The van der Waals surface area contributed by atoms with Crippen LogP contribution in [-0.2, 0) is 11.3 Å². The Bertz CT molecular complexity index is 598. The van der Waals surface area contributed by atoms with E-state index in [1.807, 2.05) is 10.9 Å². The van der Waals surface area contributed by atoms with Gasteiger partial charge in [-0.15, -0.1) is 0 Å². The summed E-state index contributed by atoms with van der Waals surface area (Å²) in [4.78, 5) is 11.5. The van der Waals surface area contributed by atoms with Crippen LogP contribution < -0.4 is 5.32 Å². The number of fused-ring (bicyclic) bond motifs is 1. The number of carbonyl (C=O) groups excluding carboxylic acids is 1. The van der Waals surface area contributed by atoms with Crippen molar-refractivity contribution < 1.29 is 4.79 Å². The smallest absolute Gasteiger partial charge is 0.223 e. The van der Waals surface area contributed by atoms with E-state index in [1.54, 1.807) is 0 Å². The van der Waals surface area contributed by atoms with E-state index in [1.165, 1.54) is 16.5 Å². The van der Waals surface area contributed by atoms with Crippen LogP contribution in [0.4, 0.5) is 0 Å². The molecule has 2 aromatic rings. The maximum Gasteiger partial charge on any atom is 0.223 e. The largest absolute Gasteiger partial charge is 0.356 e. The molecule has 0 saturated heterocycles. The SMILES string of the molecule is Cc1ccc2cnn(CCCNC(=O)C3CC3)c2c1. The zero-order chi connectivity index (χ0) is 13.2. The molecule has 4 heteroatoms. The Balaban J connectivity index is 1.56. The molecule has 3 rings (SSSR count). The minimum Gasteiger partial charge on any atom is -0.356 e. The topological polar surface area (TPSA) is 46.9 Å². The third-order valence-electron chi connectivity index (χ3n) is 3.59. The van der Waals surface area contributed by atoms with Crippen molar-refractivity contribution in [3.8, 4) is 0 Å². The molecule has 1 amide bonds. The van der Waals surface area contributed by atoms with Crippen molar-refractivity contribution in [3.63, 3.8) is 0 Å². The first-order valence-corrected chi connectivity index (χ1v) is 6.94. The van der Waals surface area contributed by atoms with E-state index in [2.05, 4.69) is 35.5 Å².